The van der Waals surface area contributed by atoms with Crippen molar-refractivity contribution in [1.82, 2.24) is 4.90 Å². The van der Waals surface area contributed by atoms with E-state index in [0.29, 0.717) is 11.8 Å². The number of rotatable bonds is 6. The van der Waals surface area contributed by atoms with E-state index in [1.54, 1.807) is 0 Å². The molecule has 0 aliphatic carbocycles. The Kier molecular flexibility index (Phi) is 5.90. The summed E-state index contributed by atoms with van der Waals surface area (Å²) < 4.78 is 5.50. The van der Waals surface area contributed by atoms with E-state index in [4.69, 9.17) is 4.74 Å². The van der Waals surface area contributed by atoms with E-state index in [1.165, 1.54) is 0 Å². The lowest BCUT2D eigenvalue weighted by Gasteiger charge is -2.30. The number of benzene rings is 2. The molecule has 1 amide bonds. The second-order valence-corrected chi connectivity index (χ2v) is 6.42. The predicted molar refractivity (Wildman–Crippen MR) is 101 cm³/mol. The highest BCUT2D eigenvalue weighted by Gasteiger charge is 2.17. The Morgan fingerprint density at radius 3 is 2.40 bits per heavy atom. The summed E-state index contributed by atoms with van der Waals surface area (Å²) in [6, 6.07) is 17.6. The summed E-state index contributed by atoms with van der Waals surface area (Å²) >= 11 is 0. The van der Waals surface area contributed by atoms with Crippen LogP contribution in [0.25, 0.3) is 0 Å². The zero-order chi connectivity index (χ0) is 17.5. The number of nitrogens with one attached hydrogen (secondary N) is 2. The summed E-state index contributed by atoms with van der Waals surface area (Å²) in [6.45, 7) is 2.18. The number of likely N-dealkylation sites (tertiary alicyclic amines) is 1. The molecule has 2 N–H and O–H groups in total. The molecule has 5 heteroatoms. The molecule has 5 nitrogen and oxygen atoms in total. The SMILES string of the molecule is CN1CCC(Nc2ccccc2NC(=O)COc2ccccc2)CC1. The Morgan fingerprint density at radius 1 is 1.04 bits per heavy atom. The number of amides is 1. The van der Waals surface area contributed by atoms with Gasteiger partial charge in [-0.1, -0.05) is 30.3 Å². The molecular weight excluding hydrogens is 314 g/mol. The Bertz CT molecular complexity index is 682. The molecule has 0 spiro atoms. The molecule has 1 aliphatic heterocycles. The van der Waals surface area contributed by atoms with E-state index in [0.717, 1.165) is 37.3 Å². The van der Waals surface area contributed by atoms with Crippen LogP contribution in [0.5, 0.6) is 5.75 Å². The average molecular weight is 339 g/mol. The smallest absolute Gasteiger partial charge is 0.262 e. The molecule has 25 heavy (non-hydrogen) atoms. The van der Waals surface area contributed by atoms with Crippen molar-refractivity contribution in [2.24, 2.45) is 0 Å². The minimum atomic E-state index is -0.165. The molecule has 3 rings (SSSR count). The molecule has 0 radical (unpaired) electrons. The summed E-state index contributed by atoms with van der Waals surface area (Å²) in [5.41, 5.74) is 1.76. The topological polar surface area (TPSA) is 53.6 Å². The largest absolute Gasteiger partial charge is 0.484 e. The molecule has 1 heterocycles. The van der Waals surface area contributed by atoms with Gasteiger partial charge in [0.25, 0.3) is 5.91 Å². The summed E-state index contributed by atoms with van der Waals surface area (Å²) in [6.07, 6.45) is 2.21. The number of nitrogens with zero attached hydrogens (tertiary/aromatic N) is 1. The number of carbonyl (C=O) groups excluding carboxylic acids is 1. The zero-order valence-electron chi connectivity index (χ0n) is 14.6. The van der Waals surface area contributed by atoms with Crippen LogP contribution in [-0.4, -0.2) is 43.6 Å². The zero-order valence-corrected chi connectivity index (χ0v) is 14.6. The molecule has 1 saturated heterocycles. The Balaban J connectivity index is 1.56. The third-order valence-corrected chi connectivity index (χ3v) is 4.39. The van der Waals surface area contributed by atoms with Gasteiger partial charge in [-0.25, -0.2) is 0 Å². The first-order valence-electron chi connectivity index (χ1n) is 8.72. The molecule has 1 fully saturated rings. The van der Waals surface area contributed by atoms with Gasteiger partial charge in [0.15, 0.2) is 6.61 Å². The number of anilines is 2. The fourth-order valence-corrected chi connectivity index (χ4v) is 2.94. The van der Waals surface area contributed by atoms with E-state index in [-0.39, 0.29) is 12.5 Å². The van der Waals surface area contributed by atoms with Crippen LogP contribution in [0, 0.1) is 0 Å². The fraction of sp³-hybridized carbons (Fsp3) is 0.350. The third kappa shape index (κ3) is 5.22. The van der Waals surface area contributed by atoms with Gasteiger partial charge in [-0.3, -0.25) is 4.79 Å². The quantitative estimate of drug-likeness (QED) is 0.848. The summed E-state index contributed by atoms with van der Waals surface area (Å²) in [5.74, 6) is 0.525. The molecule has 0 saturated carbocycles. The van der Waals surface area contributed by atoms with Crippen LogP contribution in [0.2, 0.25) is 0 Å². The van der Waals surface area contributed by atoms with Crippen LogP contribution >= 0.6 is 0 Å². The number of carbonyl (C=O) groups is 1. The number of hydrogen-bond donors (Lipinski definition) is 2. The molecule has 0 aromatic heterocycles. The van der Waals surface area contributed by atoms with Crippen molar-refractivity contribution in [3.8, 4) is 5.75 Å². The van der Waals surface area contributed by atoms with Crippen molar-refractivity contribution in [2.75, 3.05) is 37.4 Å². The van der Waals surface area contributed by atoms with Gasteiger partial charge in [0.05, 0.1) is 11.4 Å². The van der Waals surface area contributed by atoms with Crippen molar-refractivity contribution >= 4 is 17.3 Å². The third-order valence-electron chi connectivity index (χ3n) is 4.39. The van der Waals surface area contributed by atoms with Crippen LogP contribution in [0.15, 0.2) is 54.6 Å². The van der Waals surface area contributed by atoms with Gasteiger partial charge in [-0.05, 0) is 57.2 Å². The monoisotopic (exact) mass is 339 g/mol. The maximum atomic E-state index is 12.2. The lowest BCUT2D eigenvalue weighted by molar-refractivity contribution is -0.118. The molecule has 0 atom stereocenters. The summed E-state index contributed by atoms with van der Waals surface area (Å²) in [5, 5.41) is 6.51. The van der Waals surface area contributed by atoms with E-state index in [9.17, 15) is 4.79 Å². The van der Waals surface area contributed by atoms with Crippen LogP contribution in [-0.2, 0) is 4.79 Å². The van der Waals surface area contributed by atoms with Gasteiger partial charge < -0.3 is 20.3 Å². The highest BCUT2D eigenvalue weighted by atomic mass is 16.5. The van der Waals surface area contributed by atoms with Crippen molar-refractivity contribution < 1.29 is 9.53 Å². The Hall–Kier alpha value is -2.53. The minimum absolute atomic E-state index is 0.00737. The van der Waals surface area contributed by atoms with Gasteiger partial charge in [-0.15, -0.1) is 0 Å². The van der Waals surface area contributed by atoms with Gasteiger partial charge in [0.1, 0.15) is 5.75 Å². The number of para-hydroxylation sites is 3. The van der Waals surface area contributed by atoms with Gasteiger partial charge >= 0.3 is 0 Å². The second kappa shape index (κ2) is 8.53. The molecule has 132 valence electrons. The lowest BCUT2D eigenvalue weighted by Crippen LogP contribution is -2.36. The molecule has 2 aromatic rings. The normalized spacial score (nSPS) is 15.6. The molecule has 2 aromatic carbocycles. The number of hydrogen-bond acceptors (Lipinski definition) is 4. The fourth-order valence-electron chi connectivity index (χ4n) is 2.94. The standard InChI is InChI=1S/C20H25N3O2/c1-23-13-11-16(12-14-23)21-18-9-5-6-10-19(18)22-20(24)15-25-17-7-3-2-4-8-17/h2-10,16,21H,11-15H2,1H3,(H,22,24). The van der Waals surface area contributed by atoms with Crippen LogP contribution in [0.3, 0.4) is 0 Å². The lowest BCUT2D eigenvalue weighted by atomic mass is 10.0. The maximum Gasteiger partial charge on any atom is 0.262 e. The van der Waals surface area contributed by atoms with Gasteiger partial charge in [-0.2, -0.15) is 0 Å². The Morgan fingerprint density at radius 2 is 1.68 bits per heavy atom. The first-order valence-corrected chi connectivity index (χ1v) is 8.72. The van der Waals surface area contributed by atoms with E-state index in [2.05, 4.69) is 22.6 Å². The number of ether oxygens (including phenoxy) is 1. The summed E-state index contributed by atoms with van der Waals surface area (Å²) in [7, 11) is 2.15. The highest BCUT2D eigenvalue weighted by molar-refractivity contribution is 5.95. The van der Waals surface area contributed by atoms with E-state index < -0.39 is 0 Å². The first-order chi connectivity index (χ1) is 12.2. The summed E-state index contributed by atoms with van der Waals surface area (Å²) in [4.78, 5) is 14.5. The minimum Gasteiger partial charge on any atom is -0.484 e. The van der Waals surface area contributed by atoms with Crippen LogP contribution in [0.4, 0.5) is 11.4 Å². The molecule has 0 bridgehead atoms. The molecule has 1 aliphatic rings. The van der Waals surface area contributed by atoms with Crippen molar-refractivity contribution in [1.29, 1.82) is 0 Å². The van der Waals surface area contributed by atoms with Crippen molar-refractivity contribution in [3.05, 3.63) is 54.6 Å². The van der Waals surface area contributed by atoms with E-state index in [1.807, 2.05) is 54.6 Å². The maximum absolute atomic E-state index is 12.2. The number of piperidine rings is 1. The second-order valence-electron chi connectivity index (χ2n) is 6.42. The molecule has 0 unspecified atom stereocenters. The van der Waals surface area contributed by atoms with Gasteiger partial charge in [0, 0.05) is 6.04 Å². The first kappa shape index (κ1) is 17.3. The van der Waals surface area contributed by atoms with Crippen LogP contribution in [0.1, 0.15) is 12.8 Å². The predicted octanol–water partition coefficient (Wildman–Crippen LogP) is 3.21. The Labute approximate surface area is 149 Å². The van der Waals surface area contributed by atoms with E-state index >= 15 is 0 Å². The van der Waals surface area contributed by atoms with Crippen LogP contribution < -0.4 is 15.4 Å². The van der Waals surface area contributed by atoms with Gasteiger partial charge in [0.2, 0.25) is 0 Å². The van der Waals surface area contributed by atoms with Crippen molar-refractivity contribution in [2.45, 2.75) is 18.9 Å². The van der Waals surface area contributed by atoms with Crippen molar-refractivity contribution in [3.63, 3.8) is 0 Å². The molecular formula is C20H25N3O2. The average Bonchev–Trinajstić information content (AvgIpc) is 2.64. The highest BCUT2D eigenvalue weighted by Crippen LogP contribution is 2.24.